The Kier molecular flexibility index (Phi) is 3.39. The third-order valence-electron chi connectivity index (χ3n) is 2.76. The van der Waals surface area contributed by atoms with Crippen LogP contribution >= 0.6 is 0 Å². The van der Waals surface area contributed by atoms with Crippen LogP contribution in [0.5, 0.6) is 0 Å². The Labute approximate surface area is 99.4 Å². The number of hydrogen-bond donors (Lipinski definition) is 3. The Morgan fingerprint density at radius 2 is 2.12 bits per heavy atom. The molecule has 17 heavy (non-hydrogen) atoms. The van der Waals surface area contributed by atoms with Gasteiger partial charge in [-0.2, -0.15) is 0 Å². The van der Waals surface area contributed by atoms with Crippen LogP contribution in [0.1, 0.15) is 22.3 Å². The highest BCUT2D eigenvalue weighted by atomic mass is 16.2. The van der Waals surface area contributed by atoms with Gasteiger partial charge < -0.3 is 16.4 Å². The number of carbonyl (C=O) groups is 2. The van der Waals surface area contributed by atoms with Gasteiger partial charge in [-0.3, -0.25) is 9.59 Å². The molecule has 1 aromatic rings. The van der Waals surface area contributed by atoms with Crippen LogP contribution in [0.2, 0.25) is 0 Å². The molecule has 0 bridgehead atoms. The lowest BCUT2D eigenvalue weighted by Gasteiger charge is -2.10. The normalized spacial score (nSPS) is 18.9. The third kappa shape index (κ3) is 2.82. The van der Waals surface area contributed by atoms with Gasteiger partial charge in [0, 0.05) is 25.1 Å². The number of benzene rings is 1. The topological polar surface area (TPSA) is 84.2 Å². The zero-order valence-corrected chi connectivity index (χ0v) is 9.40. The van der Waals surface area contributed by atoms with Crippen LogP contribution in [-0.2, 0) is 11.3 Å². The lowest BCUT2D eigenvalue weighted by molar-refractivity contribution is -0.119. The van der Waals surface area contributed by atoms with E-state index in [0.29, 0.717) is 25.1 Å². The molecule has 0 aromatic heterocycles. The fraction of sp³-hybridized carbons (Fsp3) is 0.333. The van der Waals surface area contributed by atoms with Gasteiger partial charge in [-0.25, -0.2) is 0 Å². The molecule has 1 aliphatic heterocycles. The fourth-order valence-corrected chi connectivity index (χ4v) is 1.77. The molecule has 0 radical (unpaired) electrons. The summed E-state index contributed by atoms with van der Waals surface area (Å²) in [4.78, 5) is 22.8. The first-order valence-corrected chi connectivity index (χ1v) is 5.55. The summed E-state index contributed by atoms with van der Waals surface area (Å²) in [5.74, 6) is -0.177. The highest BCUT2D eigenvalue weighted by Crippen LogP contribution is 2.06. The molecule has 1 aliphatic rings. The molecule has 4 N–H and O–H groups in total. The number of carbonyl (C=O) groups excluding carboxylic acids is 2. The van der Waals surface area contributed by atoms with Crippen molar-refractivity contribution in [1.29, 1.82) is 0 Å². The Hall–Kier alpha value is -1.88. The van der Waals surface area contributed by atoms with Gasteiger partial charge in [-0.15, -0.1) is 0 Å². The first-order chi connectivity index (χ1) is 8.19. The number of hydrogen-bond acceptors (Lipinski definition) is 3. The van der Waals surface area contributed by atoms with Gasteiger partial charge in [-0.1, -0.05) is 12.1 Å². The summed E-state index contributed by atoms with van der Waals surface area (Å²) in [6, 6.07) is 7.02. The second-order valence-corrected chi connectivity index (χ2v) is 4.08. The van der Waals surface area contributed by atoms with Crippen molar-refractivity contribution < 1.29 is 9.59 Å². The zero-order valence-electron chi connectivity index (χ0n) is 9.40. The van der Waals surface area contributed by atoms with Crippen LogP contribution < -0.4 is 16.4 Å². The lowest BCUT2D eigenvalue weighted by Crippen LogP contribution is -2.36. The van der Waals surface area contributed by atoms with E-state index in [-0.39, 0.29) is 17.9 Å². The fourth-order valence-electron chi connectivity index (χ4n) is 1.77. The molecule has 2 amide bonds. The molecular formula is C12H15N3O2. The van der Waals surface area contributed by atoms with Crippen LogP contribution in [0.3, 0.4) is 0 Å². The summed E-state index contributed by atoms with van der Waals surface area (Å²) in [5, 5.41) is 5.48. The average molecular weight is 233 g/mol. The second kappa shape index (κ2) is 4.97. The zero-order chi connectivity index (χ0) is 12.3. The molecule has 5 heteroatoms. The highest BCUT2D eigenvalue weighted by molar-refractivity contribution is 5.95. The largest absolute Gasteiger partial charge is 0.354 e. The first kappa shape index (κ1) is 11.6. The van der Waals surface area contributed by atoms with Crippen molar-refractivity contribution in [3.8, 4) is 0 Å². The van der Waals surface area contributed by atoms with Crippen molar-refractivity contribution in [2.45, 2.75) is 19.0 Å². The van der Waals surface area contributed by atoms with Crippen molar-refractivity contribution >= 4 is 11.8 Å². The molecule has 5 nitrogen and oxygen atoms in total. The quantitative estimate of drug-likeness (QED) is 0.674. The van der Waals surface area contributed by atoms with Crippen molar-refractivity contribution in [2.75, 3.05) is 6.54 Å². The first-order valence-electron chi connectivity index (χ1n) is 5.55. The van der Waals surface area contributed by atoms with E-state index in [0.717, 1.165) is 5.56 Å². The van der Waals surface area contributed by atoms with Crippen LogP contribution in [-0.4, -0.2) is 24.4 Å². The number of rotatable bonds is 3. The second-order valence-electron chi connectivity index (χ2n) is 4.08. The minimum atomic E-state index is -0.157. The maximum atomic E-state index is 11.8. The summed E-state index contributed by atoms with van der Waals surface area (Å²) in [7, 11) is 0. The Morgan fingerprint density at radius 1 is 1.41 bits per heavy atom. The molecule has 2 rings (SSSR count). The maximum Gasteiger partial charge on any atom is 0.251 e. The summed E-state index contributed by atoms with van der Waals surface area (Å²) in [6.07, 6.45) is 0.354. The van der Waals surface area contributed by atoms with Crippen molar-refractivity contribution in [3.05, 3.63) is 35.4 Å². The lowest BCUT2D eigenvalue weighted by atomic mass is 10.1. The average Bonchev–Trinajstić information content (AvgIpc) is 2.75. The third-order valence-corrected chi connectivity index (χ3v) is 2.76. The number of nitrogens with one attached hydrogen (secondary N) is 2. The molecule has 1 heterocycles. The van der Waals surface area contributed by atoms with E-state index in [1.54, 1.807) is 12.1 Å². The molecule has 90 valence electrons. The SMILES string of the molecule is NCc1ccc(C(=O)NC2CNC(=O)C2)cc1. The predicted molar refractivity (Wildman–Crippen MR) is 63.2 cm³/mol. The Morgan fingerprint density at radius 3 is 2.65 bits per heavy atom. The summed E-state index contributed by atoms with van der Waals surface area (Å²) in [5.41, 5.74) is 7.05. The van der Waals surface area contributed by atoms with Gasteiger partial charge in [-0.05, 0) is 17.7 Å². The van der Waals surface area contributed by atoms with Gasteiger partial charge in [0.1, 0.15) is 0 Å². The van der Waals surface area contributed by atoms with E-state index in [1.165, 1.54) is 0 Å². The molecule has 0 spiro atoms. The van der Waals surface area contributed by atoms with Crippen molar-refractivity contribution in [3.63, 3.8) is 0 Å². The van der Waals surface area contributed by atoms with Gasteiger partial charge in [0.15, 0.2) is 0 Å². The monoisotopic (exact) mass is 233 g/mol. The van der Waals surface area contributed by atoms with Crippen LogP contribution in [0.4, 0.5) is 0 Å². The van der Waals surface area contributed by atoms with Crippen LogP contribution in [0.15, 0.2) is 24.3 Å². The van der Waals surface area contributed by atoms with E-state index in [9.17, 15) is 9.59 Å². The molecular weight excluding hydrogens is 218 g/mol. The summed E-state index contributed by atoms with van der Waals surface area (Å²) < 4.78 is 0. The minimum absolute atomic E-state index is 0.0196. The predicted octanol–water partition coefficient (Wildman–Crippen LogP) is -0.236. The number of amides is 2. The van der Waals surface area contributed by atoms with Crippen LogP contribution in [0, 0.1) is 0 Å². The van der Waals surface area contributed by atoms with E-state index >= 15 is 0 Å². The maximum absolute atomic E-state index is 11.8. The van der Waals surface area contributed by atoms with Gasteiger partial charge >= 0.3 is 0 Å². The minimum Gasteiger partial charge on any atom is -0.354 e. The van der Waals surface area contributed by atoms with E-state index in [4.69, 9.17) is 5.73 Å². The molecule has 0 aliphatic carbocycles. The highest BCUT2D eigenvalue weighted by Gasteiger charge is 2.23. The Bertz CT molecular complexity index is 428. The van der Waals surface area contributed by atoms with Crippen LogP contribution in [0.25, 0.3) is 0 Å². The van der Waals surface area contributed by atoms with Gasteiger partial charge in [0.05, 0.1) is 6.04 Å². The molecule has 1 unspecified atom stereocenters. The van der Waals surface area contributed by atoms with Gasteiger partial charge in [0.2, 0.25) is 5.91 Å². The molecule has 0 saturated carbocycles. The smallest absolute Gasteiger partial charge is 0.251 e. The van der Waals surface area contributed by atoms with E-state index in [2.05, 4.69) is 10.6 Å². The standard InChI is InChI=1S/C12H15N3O2/c13-6-8-1-3-9(4-2-8)12(17)15-10-5-11(16)14-7-10/h1-4,10H,5-7,13H2,(H,14,16)(H,15,17). The number of nitrogens with two attached hydrogens (primary N) is 1. The van der Waals surface area contributed by atoms with Gasteiger partial charge in [0.25, 0.3) is 5.91 Å². The summed E-state index contributed by atoms with van der Waals surface area (Å²) in [6.45, 7) is 0.967. The molecule has 1 saturated heterocycles. The Balaban J connectivity index is 1.97. The molecule has 1 fully saturated rings. The molecule has 1 atom stereocenters. The van der Waals surface area contributed by atoms with E-state index in [1.807, 2.05) is 12.1 Å². The molecule has 1 aromatic carbocycles. The summed E-state index contributed by atoms with van der Waals surface area (Å²) >= 11 is 0. The van der Waals surface area contributed by atoms with Crippen molar-refractivity contribution in [1.82, 2.24) is 10.6 Å². The van der Waals surface area contributed by atoms with Crippen molar-refractivity contribution in [2.24, 2.45) is 5.73 Å². The van der Waals surface area contributed by atoms with E-state index < -0.39 is 0 Å².